The second-order valence-electron chi connectivity index (χ2n) is 6.17. The van der Waals surface area contributed by atoms with E-state index in [0.29, 0.717) is 0 Å². The topological polar surface area (TPSA) is 84.7 Å². The quantitative estimate of drug-likeness (QED) is 0.744. The van der Waals surface area contributed by atoms with E-state index in [1.807, 2.05) is 51.2 Å². The predicted molar refractivity (Wildman–Crippen MR) is 94.6 cm³/mol. The van der Waals surface area contributed by atoms with Crippen LogP contribution in [-0.4, -0.2) is 25.2 Å². The van der Waals surface area contributed by atoms with Gasteiger partial charge in [0, 0.05) is 18.1 Å². The molecule has 2 N–H and O–H groups in total. The van der Waals surface area contributed by atoms with E-state index in [1.165, 1.54) is 0 Å². The first kappa shape index (κ1) is 16.8. The van der Waals surface area contributed by atoms with Gasteiger partial charge in [0.05, 0.1) is 17.9 Å². The number of benzene rings is 1. The van der Waals surface area contributed by atoms with Crippen molar-refractivity contribution in [3.63, 3.8) is 0 Å². The molecule has 1 amide bonds. The van der Waals surface area contributed by atoms with Crippen LogP contribution in [0.25, 0.3) is 5.69 Å². The van der Waals surface area contributed by atoms with Crippen molar-refractivity contribution < 1.29 is 4.79 Å². The lowest BCUT2D eigenvalue weighted by atomic mass is 10.1. The maximum atomic E-state index is 12.1. The van der Waals surface area contributed by atoms with Crippen LogP contribution in [0.15, 0.2) is 47.7 Å². The molecule has 0 aliphatic carbocycles. The van der Waals surface area contributed by atoms with Gasteiger partial charge in [-0.05, 0) is 44.0 Å². The highest BCUT2D eigenvalue weighted by Crippen LogP contribution is 2.16. The summed E-state index contributed by atoms with van der Waals surface area (Å²) in [6.07, 6.45) is 5.23. The summed E-state index contributed by atoms with van der Waals surface area (Å²) in [4.78, 5) is 26.6. The molecule has 0 spiro atoms. The number of hydrogen-bond acceptors (Lipinski definition) is 3. The SMILES string of the molecule is Cc1cnn(CC(=O)NC(C)c2ccc(-n3c(C)c[nH]c3=O)cc2)c1. The third kappa shape index (κ3) is 3.71. The van der Waals surface area contributed by atoms with Gasteiger partial charge in [0.2, 0.25) is 5.91 Å². The minimum absolute atomic E-state index is 0.0997. The van der Waals surface area contributed by atoms with Gasteiger partial charge in [-0.15, -0.1) is 0 Å². The van der Waals surface area contributed by atoms with Crippen LogP contribution < -0.4 is 11.0 Å². The van der Waals surface area contributed by atoms with Crippen molar-refractivity contribution in [1.82, 2.24) is 24.6 Å². The molecule has 1 aromatic carbocycles. The van der Waals surface area contributed by atoms with Crippen LogP contribution in [0.1, 0.15) is 29.8 Å². The van der Waals surface area contributed by atoms with Gasteiger partial charge >= 0.3 is 5.69 Å². The van der Waals surface area contributed by atoms with E-state index in [2.05, 4.69) is 15.4 Å². The van der Waals surface area contributed by atoms with Gasteiger partial charge in [0.1, 0.15) is 6.54 Å². The van der Waals surface area contributed by atoms with Crippen molar-refractivity contribution in [2.24, 2.45) is 0 Å². The largest absolute Gasteiger partial charge is 0.348 e. The zero-order valence-corrected chi connectivity index (χ0v) is 14.5. The molecule has 0 bridgehead atoms. The molecule has 0 radical (unpaired) electrons. The van der Waals surface area contributed by atoms with Crippen molar-refractivity contribution in [3.8, 4) is 5.69 Å². The highest BCUT2D eigenvalue weighted by Gasteiger charge is 2.11. The Morgan fingerprint density at radius 1 is 1.28 bits per heavy atom. The maximum Gasteiger partial charge on any atom is 0.330 e. The number of aromatic nitrogens is 4. The summed E-state index contributed by atoms with van der Waals surface area (Å²) in [5, 5.41) is 7.07. The number of rotatable bonds is 5. The van der Waals surface area contributed by atoms with E-state index < -0.39 is 0 Å². The molecule has 2 heterocycles. The maximum absolute atomic E-state index is 12.1. The Morgan fingerprint density at radius 3 is 2.56 bits per heavy atom. The number of aryl methyl sites for hydroxylation is 2. The van der Waals surface area contributed by atoms with Crippen LogP contribution in [0.2, 0.25) is 0 Å². The summed E-state index contributed by atoms with van der Waals surface area (Å²) < 4.78 is 3.22. The van der Waals surface area contributed by atoms with Crippen molar-refractivity contribution >= 4 is 5.91 Å². The third-order valence-corrected chi connectivity index (χ3v) is 4.06. The third-order valence-electron chi connectivity index (χ3n) is 4.06. The summed E-state index contributed by atoms with van der Waals surface area (Å²) in [6, 6.07) is 7.44. The van der Waals surface area contributed by atoms with Gasteiger partial charge in [-0.3, -0.25) is 14.0 Å². The smallest absolute Gasteiger partial charge is 0.330 e. The van der Waals surface area contributed by atoms with Gasteiger partial charge in [-0.1, -0.05) is 12.1 Å². The summed E-state index contributed by atoms with van der Waals surface area (Å²) in [7, 11) is 0. The summed E-state index contributed by atoms with van der Waals surface area (Å²) >= 11 is 0. The minimum atomic E-state index is -0.166. The van der Waals surface area contributed by atoms with Crippen LogP contribution in [-0.2, 0) is 11.3 Å². The highest BCUT2D eigenvalue weighted by molar-refractivity contribution is 5.76. The standard InChI is InChI=1S/C18H21N5O2/c1-12-8-20-22(10-12)11-17(24)21-14(3)15-4-6-16(7-5-15)23-13(2)9-19-18(23)25/h4-10,14H,11H2,1-3H3,(H,19,25)(H,21,24). The van der Waals surface area contributed by atoms with Crippen molar-refractivity contribution in [3.05, 3.63) is 70.2 Å². The normalized spacial score (nSPS) is 12.1. The average molecular weight is 339 g/mol. The number of amides is 1. The summed E-state index contributed by atoms with van der Waals surface area (Å²) in [6.45, 7) is 5.91. The minimum Gasteiger partial charge on any atom is -0.348 e. The Bertz CT molecular complexity index is 933. The summed E-state index contributed by atoms with van der Waals surface area (Å²) in [5.41, 5.74) is 3.45. The van der Waals surface area contributed by atoms with Gasteiger partial charge in [0.25, 0.3) is 0 Å². The van der Waals surface area contributed by atoms with Gasteiger partial charge in [0.15, 0.2) is 0 Å². The van der Waals surface area contributed by atoms with Crippen molar-refractivity contribution in [1.29, 1.82) is 0 Å². The molecular formula is C18H21N5O2. The average Bonchev–Trinajstić information content (AvgIpc) is 3.12. The predicted octanol–water partition coefficient (Wildman–Crippen LogP) is 1.86. The number of aromatic amines is 1. The van der Waals surface area contributed by atoms with Crippen LogP contribution in [0, 0.1) is 13.8 Å². The molecule has 25 heavy (non-hydrogen) atoms. The molecule has 0 aliphatic heterocycles. The molecule has 0 saturated heterocycles. The highest BCUT2D eigenvalue weighted by atomic mass is 16.2. The van der Waals surface area contributed by atoms with E-state index in [9.17, 15) is 9.59 Å². The number of carbonyl (C=O) groups excluding carboxylic acids is 1. The fourth-order valence-corrected chi connectivity index (χ4v) is 2.76. The fourth-order valence-electron chi connectivity index (χ4n) is 2.76. The van der Waals surface area contributed by atoms with E-state index in [-0.39, 0.29) is 24.2 Å². The van der Waals surface area contributed by atoms with Gasteiger partial charge < -0.3 is 10.3 Å². The van der Waals surface area contributed by atoms with E-state index in [0.717, 1.165) is 22.5 Å². The lowest BCUT2D eigenvalue weighted by Crippen LogP contribution is -2.30. The second-order valence-corrected chi connectivity index (χ2v) is 6.17. The monoisotopic (exact) mass is 339 g/mol. The van der Waals surface area contributed by atoms with Crippen molar-refractivity contribution in [2.45, 2.75) is 33.4 Å². The molecule has 3 aromatic rings. The fraction of sp³-hybridized carbons (Fsp3) is 0.278. The summed E-state index contributed by atoms with van der Waals surface area (Å²) in [5.74, 6) is -0.0997. The zero-order valence-electron chi connectivity index (χ0n) is 14.5. The van der Waals surface area contributed by atoms with E-state index in [1.54, 1.807) is 21.6 Å². The Labute approximate surface area is 145 Å². The van der Waals surface area contributed by atoms with Gasteiger partial charge in [-0.25, -0.2) is 4.79 Å². The van der Waals surface area contributed by atoms with Crippen LogP contribution in [0.5, 0.6) is 0 Å². The number of hydrogen-bond donors (Lipinski definition) is 2. The molecule has 0 aliphatic rings. The molecule has 0 saturated carbocycles. The molecule has 2 aromatic heterocycles. The molecule has 3 rings (SSSR count). The Balaban J connectivity index is 1.67. The van der Waals surface area contributed by atoms with Crippen LogP contribution in [0.4, 0.5) is 0 Å². The lowest BCUT2D eigenvalue weighted by Gasteiger charge is -2.15. The number of carbonyl (C=O) groups is 1. The second kappa shape index (κ2) is 6.80. The number of H-pyrrole nitrogens is 1. The first-order chi connectivity index (χ1) is 11.9. The van der Waals surface area contributed by atoms with Crippen LogP contribution >= 0.6 is 0 Å². The number of nitrogens with zero attached hydrogens (tertiary/aromatic N) is 3. The molecular weight excluding hydrogens is 318 g/mol. The van der Waals surface area contributed by atoms with E-state index >= 15 is 0 Å². The Kier molecular flexibility index (Phi) is 4.56. The molecule has 1 unspecified atom stereocenters. The Morgan fingerprint density at radius 2 is 2.00 bits per heavy atom. The first-order valence-corrected chi connectivity index (χ1v) is 8.10. The zero-order chi connectivity index (χ0) is 18.0. The van der Waals surface area contributed by atoms with Gasteiger partial charge in [-0.2, -0.15) is 5.10 Å². The molecule has 7 nitrogen and oxygen atoms in total. The number of nitrogens with one attached hydrogen (secondary N) is 2. The molecule has 130 valence electrons. The first-order valence-electron chi connectivity index (χ1n) is 8.10. The molecule has 7 heteroatoms. The Hall–Kier alpha value is -3.09. The van der Waals surface area contributed by atoms with E-state index in [4.69, 9.17) is 0 Å². The van der Waals surface area contributed by atoms with Crippen molar-refractivity contribution in [2.75, 3.05) is 0 Å². The molecule has 1 atom stereocenters. The number of imidazole rings is 1. The van der Waals surface area contributed by atoms with Crippen LogP contribution in [0.3, 0.4) is 0 Å². The molecule has 0 fully saturated rings. The lowest BCUT2D eigenvalue weighted by molar-refractivity contribution is -0.122.